The fraction of sp³-hybridized carbons (Fsp3) is 0.524. The molecule has 22 heavy (non-hydrogen) atoms. The Morgan fingerprint density at radius 1 is 0.864 bits per heavy atom. The number of hydrogen-bond donors (Lipinski definition) is 0. The van der Waals surface area contributed by atoms with E-state index in [9.17, 15) is 0 Å². The number of benzene rings is 1. The van der Waals surface area contributed by atoms with E-state index in [-0.39, 0.29) is 0 Å². The molecule has 0 amide bonds. The number of hydrogen-bond acceptors (Lipinski definition) is 0. The SMILES string of the molecule is CC.CC.CC.CC1C=Cc2c(n(C)c3ccccc23)C1C. The minimum Gasteiger partial charge on any atom is -0.347 e. The van der Waals surface area contributed by atoms with Crippen molar-refractivity contribution < 1.29 is 0 Å². The summed E-state index contributed by atoms with van der Waals surface area (Å²) in [5, 5.41) is 1.38. The van der Waals surface area contributed by atoms with Crippen molar-refractivity contribution in [1.82, 2.24) is 4.57 Å². The summed E-state index contributed by atoms with van der Waals surface area (Å²) in [4.78, 5) is 0. The highest BCUT2D eigenvalue weighted by Gasteiger charge is 2.24. The number of aromatic nitrogens is 1. The van der Waals surface area contributed by atoms with Gasteiger partial charge in [0.2, 0.25) is 0 Å². The van der Waals surface area contributed by atoms with E-state index in [4.69, 9.17) is 0 Å². The smallest absolute Gasteiger partial charge is 0.0486 e. The second-order valence-electron chi connectivity index (χ2n) is 4.88. The van der Waals surface area contributed by atoms with Crippen molar-refractivity contribution in [2.24, 2.45) is 13.0 Å². The van der Waals surface area contributed by atoms with Crippen LogP contribution in [0.3, 0.4) is 0 Å². The summed E-state index contributed by atoms with van der Waals surface area (Å²) < 4.78 is 2.36. The molecule has 1 nitrogen and oxygen atoms in total. The van der Waals surface area contributed by atoms with Gasteiger partial charge in [-0.25, -0.2) is 0 Å². The van der Waals surface area contributed by atoms with Crippen LogP contribution in [0.2, 0.25) is 0 Å². The molecular weight excluding hydrogens is 266 g/mol. The molecule has 0 fully saturated rings. The van der Waals surface area contributed by atoms with Crippen LogP contribution < -0.4 is 0 Å². The molecule has 0 spiro atoms. The zero-order chi connectivity index (χ0) is 17.3. The van der Waals surface area contributed by atoms with Gasteiger partial charge >= 0.3 is 0 Å². The van der Waals surface area contributed by atoms with Crippen molar-refractivity contribution in [1.29, 1.82) is 0 Å². The van der Waals surface area contributed by atoms with Gasteiger partial charge < -0.3 is 4.57 Å². The number of para-hydroxylation sites is 1. The van der Waals surface area contributed by atoms with E-state index in [0.717, 1.165) is 0 Å². The standard InChI is InChI=1S/C15H17N.3C2H6/c1-10-8-9-13-12-6-4-5-7-14(12)16(3)15(13)11(10)2;3*1-2/h4-11H,1-3H3;3*1-2H3. The van der Waals surface area contributed by atoms with Gasteiger partial charge in [-0.15, -0.1) is 0 Å². The number of nitrogens with zero attached hydrogens (tertiary/aromatic N) is 1. The van der Waals surface area contributed by atoms with Crippen molar-refractivity contribution in [3.05, 3.63) is 41.6 Å². The lowest BCUT2D eigenvalue weighted by molar-refractivity contribution is 0.555. The van der Waals surface area contributed by atoms with E-state index in [0.29, 0.717) is 11.8 Å². The summed E-state index contributed by atoms with van der Waals surface area (Å²) in [5.74, 6) is 1.24. The van der Waals surface area contributed by atoms with E-state index in [1.54, 1.807) is 0 Å². The van der Waals surface area contributed by atoms with Gasteiger partial charge in [-0.05, 0) is 12.0 Å². The third-order valence-corrected chi connectivity index (χ3v) is 3.98. The second kappa shape index (κ2) is 10.3. The summed E-state index contributed by atoms with van der Waals surface area (Å²) in [7, 11) is 2.18. The monoisotopic (exact) mass is 301 g/mol. The third kappa shape index (κ3) is 3.82. The van der Waals surface area contributed by atoms with Crippen molar-refractivity contribution in [2.75, 3.05) is 0 Å². The van der Waals surface area contributed by atoms with Gasteiger partial charge in [0, 0.05) is 35.1 Å². The van der Waals surface area contributed by atoms with Crippen LogP contribution >= 0.6 is 0 Å². The Kier molecular flexibility index (Phi) is 9.56. The summed E-state index contributed by atoms with van der Waals surface area (Å²) in [6, 6.07) is 8.67. The Balaban J connectivity index is 0.000000661. The molecule has 1 aromatic carbocycles. The lowest BCUT2D eigenvalue weighted by atomic mass is 9.85. The van der Waals surface area contributed by atoms with Crippen LogP contribution in [0.5, 0.6) is 0 Å². The second-order valence-corrected chi connectivity index (χ2v) is 4.88. The maximum atomic E-state index is 2.36. The molecule has 0 saturated carbocycles. The third-order valence-electron chi connectivity index (χ3n) is 3.98. The van der Waals surface area contributed by atoms with Crippen molar-refractivity contribution in [3.63, 3.8) is 0 Å². The first-order valence-electron chi connectivity index (χ1n) is 8.95. The number of allylic oxidation sites excluding steroid dienone is 1. The van der Waals surface area contributed by atoms with E-state index >= 15 is 0 Å². The molecule has 0 bridgehead atoms. The fourth-order valence-electron chi connectivity index (χ4n) is 2.83. The average molecular weight is 302 g/mol. The molecule has 1 aliphatic carbocycles. The topological polar surface area (TPSA) is 4.93 Å². The predicted octanol–water partition coefficient (Wildman–Crippen LogP) is 7.02. The van der Waals surface area contributed by atoms with E-state index < -0.39 is 0 Å². The zero-order valence-corrected chi connectivity index (χ0v) is 16.1. The first-order chi connectivity index (χ1) is 10.7. The highest BCUT2D eigenvalue weighted by atomic mass is 15.0. The minimum absolute atomic E-state index is 0.609. The van der Waals surface area contributed by atoms with Crippen LogP contribution in [0, 0.1) is 5.92 Å². The molecule has 1 heteroatoms. The molecule has 0 radical (unpaired) electrons. The average Bonchev–Trinajstić information content (AvgIpc) is 2.90. The molecule has 1 aliphatic rings. The largest absolute Gasteiger partial charge is 0.347 e. The summed E-state index contributed by atoms with van der Waals surface area (Å²) in [6.07, 6.45) is 4.63. The van der Waals surface area contributed by atoms with Gasteiger partial charge in [-0.3, -0.25) is 0 Å². The number of rotatable bonds is 0. The van der Waals surface area contributed by atoms with Crippen LogP contribution in [-0.2, 0) is 7.05 Å². The molecule has 1 heterocycles. The van der Waals surface area contributed by atoms with Crippen molar-refractivity contribution >= 4 is 17.0 Å². The molecule has 2 unspecified atom stereocenters. The van der Waals surface area contributed by atoms with Crippen LogP contribution in [0.4, 0.5) is 0 Å². The minimum atomic E-state index is 0.609. The van der Waals surface area contributed by atoms with Gasteiger partial charge in [-0.2, -0.15) is 0 Å². The first-order valence-corrected chi connectivity index (χ1v) is 8.95. The van der Waals surface area contributed by atoms with Crippen LogP contribution in [0.1, 0.15) is 72.6 Å². The molecule has 124 valence electrons. The quantitative estimate of drug-likeness (QED) is 0.492. The molecular formula is C21H35N. The fourth-order valence-corrected chi connectivity index (χ4v) is 2.83. The van der Waals surface area contributed by atoms with Crippen molar-refractivity contribution in [2.45, 2.75) is 61.3 Å². The maximum Gasteiger partial charge on any atom is 0.0486 e. The van der Waals surface area contributed by atoms with Gasteiger partial charge in [0.15, 0.2) is 0 Å². The Morgan fingerprint density at radius 3 is 2.00 bits per heavy atom. The zero-order valence-electron chi connectivity index (χ0n) is 16.1. The molecule has 2 aromatic rings. The normalized spacial score (nSPS) is 18.0. The lowest BCUT2D eigenvalue weighted by Gasteiger charge is -2.23. The Labute approximate surface area is 138 Å². The number of fused-ring (bicyclic) bond motifs is 3. The van der Waals surface area contributed by atoms with Crippen LogP contribution in [0.25, 0.3) is 17.0 Å². The Bertz CT molecular complexity index is 575. The molecule has 0 N–H and O–H groups in total. The first kappa shape index (κ1) is 20.5. The van der Waals surface area contributed by atoms with Gasteiger partial charge in [0.05, 0.1) is 0 Å². The van der Waals surface area contributed by atoms with Gasteiger partial charge in [-0.1, -0.05) is 85.7 Å². The molecule has 3 rings (SSSR count). The maximum absolute atomic E-state index is 2.36. The molecule has 0 aliphatic heterocycles. The van der Waals surface area contributed by atoms with Gasteiger partial charge in [0.25, 0.3) is 0 Å². The van der Waals surface area contributed by atoms with Crippen molar-refractivity contribution in [3.8, 4) is 0 Å². The highest BCUT2D eigenvalue weighted by Crippen LogP contribution is 2.38. The molecule has 2 atom stereocenters. The summed E-state index contributed by atoms with van der Waals surface area (Å²) in [6.45, 7) is 16.6. The lowest BCUT2D eigenvalue weighted by Crippen LogP contribution is -2.12. The molecule has 0 saturated heterocycles. The summed E-state index contributed by atoms with van der Waals surface area (Å²) in [5.41, 5.74) is 4.25. The summed E-state index contributed by atoms with van der Waals surface area (Å²) >= 11 is 0. The molecule has 1 aromatic heterocycles. The Hall–Kier alpha value is -1.50. The van der Waals surface area contributed by atoms with Gasteiger partial charge in [0.1, 0.15) is 0 Å². The van der Waals surface area contributed by atoms with E-state index in [1.807, 2.05) is 41.5 Å². The Morgan fingerprint density at radius 2 is 1.41 bits per heavy atom. The van der Waals surface area contributed by atoms with Crippen LogP contribution in [0.15, 0.2) is 30.3 Å². The predicted molar refractivity (Wildman–Crippen MR) is 104 cm³/mol. The van der Waals surface area contributed by atoms with E-state index in [2.05, 4.69) is 61.9 Å². The van der Waals surface area contributed by atoms with E-state index in [1.165, 1.54) is 22.2 Å². The highest BCUT2D eigenvalue weighted by molar-refractivity contribution is 5.92. The number of aryl methyl sites for hydroxylation is 1. The van der Waals surface area contributed by atoms with Crippen LogP contribution in [-0.4, -0.2) is 4.57 Å².